The van der Waals surface area contributed by atoms with Crippen molar-refractivity contribution in [3.8, 4) is 0 Å². The Morgan fingerprint density at radius 3 is 2.21 bits per heavy atom. The standard InChI is InChI=1S/C28H30N4OS/c1-20-21(2)34-28-26(20)27(29-24(30-28)19-23-11-7-4-8-12-23)32-17-15-31(16-18-32)25(33)14-13-22-9-5-3-6-10-22/h3-12H,13-19H2,1-2H3. The number of aryl methyl sites for hydroxylation is 3. The van der Waals surface area contributed by atoms with Crippen molar-refractivity contribution in [2.24, 2.45) is 0 Å². The Morgan fingerprint density at radius 1 is 0.882 bits per heavy atom. The van der Waals surface area contributed by atoms with Crippen LogP contribution in [0.5, 0.6) is 0 Å². The molecule has 2 aromatic heterocycles. The molecule has 5 nitrogen and oxygen atoms in total. The third-order valence-electron chi connectivity index (χ3n) is 6.66. The van der Waals surface area contributed by atoms with Gasteiger partial charge in [0.15, 0.2) is 0 Å². The van der Waals surface area contributed by atoms with Gasteiger partial charge in [-0.2, -0.15) is 0 Å². The first-order chi connectivity index (χ1) is 16.6. The molecular formula is C28H30N4OS. The molecule has 6 heteroatoms. The van der Waals surface area contributed by atoms with Crippen LogP contribution in [0.1, 0.15) is 33.8 Å². The molecule has 0 saturated carbocycles. The zero-order valence-corrected chi connectivity index (χ0v) is 20.6. The van der Waals surface area contributed by atoms with E-state index in [4.69, 9.17) is 9.97 Å². The zero-order valence-electron chi connectivity index (χ0n) is 19.8. The molecule has 0 unspecified atom stereocenters. The summed E-state index contributed by atoms with van der Waals surface area (Å²) >= 11 is 1.75. The molecule has 174 valence electrons. The summed E-state index contributed by atoms with van der Waals surface area (Å²) in [6.45, 7) is 7.38. The lowest BCUT2D eigenvalue weighted by Crippen LogP contribution is -2.49. The number of fused-ring (bicyclic) bond motifs is 1. The topological polar surface area (TPSA) is 49.3 Å². The Hall–Kier alpha value is -3.25. The summed E-state index contributed by atoms with van der Waals surface area (Å²) in [5.74, 6) is 2.12. The van der Waals surface area contributed by atoms with Gasteiger partial charge in [0, 0.05) is 43.9 Å². The lowest BCUT2D eigenvalue weighted by molar-refractivity contribution is -0.131. The molecule has 1 saturated heterocycles. The van der Waals surface area contributed by atoms with Crippen LogP contribution in [-0.2, 0) is 17.6 Å². The summed E-state index contributed by atoms with van der Waals surface area (Å²) in [6, 6.07) is 20.6. The van der Waals surface area contributed by atoms with Gasteiger partial charge in [-0.1, -0.05) is 60.7 Å². The highest BCUT2D eigenvalue weighted by molar-refractivity contribution is 7.18. The second kappa shape index (κ2) is 9.94. The fourth-order valence-corrected chi connectivity index (χ4v) is 5.62. The molecule has 0 spiro atoms. The molecule has 0 bridgehead atoms. The Morgan fingerprint density at radius 2 is 1.53 bits per heavy atom. The number of rotatable bonds is 6. The normalized spacial score (nSPS) is 14.1. The maximum atomic E-state index is 12.8. The number of carbonyl (C=O) groups excluding carboxylic acids is 1. The number of hydrogen-bond donors (Lipinski definition) is 0. The van der Waals surface area contributed by atoms with Crippen LogP contribution in [0.25, 0.3) is 10.2 Å². The third-order valence-corrected chi connectivity index (χ3v) is 7.76. The van der Waals surface area contributed by atoms with Crippen LogP contribution < -0.4 is 4.90 Å². The van der Waals surface area contributed by atoms with Crippen LogP contribution in [0.4, 0.5) is 5.82 Å². The minimum atomic E-state index is 0.240. The third kappa shape index (κ3) is 4.82. The van der Waals surface area contributed by atoms with Gasteiger partial charge in [-0.3, -0.25) is 4.79 Å². The van der Waals surface area contributed by atoms with E-state index in [1.165, 1.54) is 27.0 Å². The van der Waals surface area contributed by atoms with Crippen molar-refractivity contribution >= 4 is 33.3 Å². The highest BCUT2D eigenvalue weighted by Gasteiger charge is 2.25. The molecule has 0 N–H and O–H groups in total. The van der Waals surface area contributed by atoms with Gasteiger partial charge in [-0.25, -0.2) is 9.97 Å². The van der Waals surface area contributed by atoms with E-state index in [0.717, 1.165) is 55.5 Å². The van der Waals surface area contributed by atoms with Gasteiger partial charge < -0.3 is 9.80 Å². The number of nitrogens with zero attached hydrogens (tertiary/aromatic N) is 4. The minimum Gasteiger partial charge on any atom is -0.352 e. The van der Waals surface area contributed by atoms with Crippen molar-refractivity contribution in [1.82, 2.24) is 14.9 Å². The lowest BCUT2D eigenvalue weighted by atomic mass is 10.1. The number of carbonyl (C=O) groups is 1. The summed E-state index contributed by atoms with van der Waals surface area (Å²) in [7, 11) is 0. The van der Waals surface area contributed by atoms with Gasteiger partial charge >= 0.3 is 0 Å². The van der Waals surface area contributed by atoms with E-state index in [1.54, 1.807) is 11.3 Å². The van der Waals surface area contributed by atoms with E-state index in [9.17, 15) is 4.79 Å². The van der Waals surface area contributed by atoms with Crippen molar-refractivity contribution in [2.45, 2.75) is 33.1 Å². The molecule has 0 radical (unpaired) electrons. The largest absolute Gasteiger partial charge is 0.352 e. The lowest BCUT2D eigenvalue weighted by Gasteiger charge is -2.36. The maximum absolute atomic E-state index is 12.8. The van der Waals surface area contributed by atoms with Gasteiger partial charge in [0.2, 0.25) is 5.91 Å². The van der Waals surface area contributed by atoms with Crippen molar-refractivity contribution in [2.75, 3.05) is 31.1 Å². The highest BCUT2D eigenvalue weighted by Crippen LogP contribution is 2.35. The Bertz CT molecular complexity index is 1280. The zero-order chi connectivity index (χ0) is 23.5. The van der Waals surface area contributed by atoms with Crippen molar-refractivity contribution in [1.29, 1.82) is 0 Å². The Kier molecular flexibility index (Phi) is 6.59. The molecule has 34 heavy (non-hydrogen) atoms. The molecule has 0 aliphatic carbocycles. The number of benzene rings is 2. The first-order valence-electron chi connectivity index (χ1n) is 12.0. The maximum Gasteiger partial charge on any atom is 0.223 e. The molecule has 1 amide bonds. The minimum absolute atomic E-state index is 0.240. The first-order valence-corrected chi connectivity index (χ1v) is 12.8. The monoisotopic (exact) mass is 470 g/mol. The average Bonchev–Trinajstić information content (AvgIpc) is 3.16. The van der Waals surface area contributed by atoms with Crippen LogP contribution >= 0.6 is 11.3 Å². The average molecular weight is 471 g/mol. The smallest absolute Gasteiger partial charge is 0.223 e. The predicted molar refractivity (Wildman–Crippen MR) is 140 cm³/mol. The van der Waals surface area contributed by atoms with E-state index >= 15 is 0 Å². The molecule has 1 aliphatic heterocycles. The number of hydrogen-bond acceptors (Lipinski definition) is 5. The number of anilines is 1. The van der Waals surface area contributed by atoms with E-state index in [-0.39, 0.29) is 5.91 Å². The van der Waals surface area contributed by atoms with Crippen molar-refractivity contribution < 1.29 is 4.79 Å². The van der Waals surface area contributed by atoms with E-state index in [2.05, 4.69) is 55.1 Å². The quantitative estimate of drug-likeness (QED) is 0.390. The van der Waals surface area contributed by atoms with Gasteiger partial charge in [0.1, 0.15) is 16.5 Å². The molecular weight excluding hydrogens is 440 g/mol. The van der Waals surface area contributed by atoms with Crippen LogP contribution in [0.2, 0.25) is 0 Å². The first kappa shape index (κ1) is 22.5. The summed E-state index contributed by atoms with van der Waals surface area (Å²) in [4.78, 5) is 29.5. The van der Waals surface area contributed by atoms with E-state index in [1.807, 2.05) is 29.2 Å². The predicted octanol–water partition coefficient (Wildman–Crippen LogP) is 5.18. The van der Waals surface area contributed by atoms with Crippen LogP contribution in [0.15, 0.2) is 60.7 Å². The van der Waals surface area contributed by atoms with Crippen LogP contribution in [0.3, 0.4) is 0 Å². The summed E-state index contributed by atoms with van der Waals surface area (Å²) in [5.41, 5.74) is 3.70. The van der Waals surface area contributed by atoms with Crippen molar-refractivity contribution in [3.63, 3.8) is 0 Å². The van der Waals surface area contributed by atoms with Gasteiger partial charge in [0.05, 0.1) is 5.39 Å². The number of thiophene rings is 1. The van der Waals surface area contributed by atoms with Gasteiger partial charge in [-0.15, -0.1) is 11.3 Å². The molecule has 3 heterocycles. The SMILES string of the molecule is Cc1sc2nc(Cc3ccccc3)nc(N3CCN(C(=O)CCc4ccccc4)CC3)c2c1C. The Labute approximate surface area is 205 Å². The van der Waals surface area contributed by atoms with Gasteiger partial charge in [-0.05, 0) is 37.0 Å². The fourth-order valence-electron chi connectivity index (χ4n) is 4.58. The summed E-state index contributed by atoms with van der Waals surface area (Å²) < 4.78 is 0. The molecule has 1 fully saturated rings. The molecule has 4 aromatic rings. The Balaban J connectivity index is 1.32. The second-order valence-corrected chi connectivity index (χ2v) is 10.1. The highest BCUT2D eigenvalue weighted by atomic mass is 32.1. The number of aromatic nitrogens is 2. The van der Waals surface area contributed by atoms with E-state index < -0.39 is 0 Å². The molecule has 1 aliphatic rings. The number of amides is 1. The molecule has 5 rings (SSSR count). The van der Waals surface area contributed by atoms with Crippen LogP contribution in [0, 0.1) is 13.8 Å². The second-order valence-electron chi connectivity index (χ2n) is 8.94. The van der Waals surface area contributed by atoms with Crippen molar-refractivity contribution in [3.05, 3.63) is 88.1 Å². The number of piperazine rings is 1. The van der Waals surface area contributed by atoms with Gasteiger partial charge in [0.25, 0.3) is 0 Å². The molecule has 2 aromatic carbocycles. The molecule has 0 atom stereocenters. The summed E-state index contributed by atoms with van der Waals surface area (Å²) in [5, 5.41) is 1.17. The fraction of sp³-hybridized carbons (Fsp3) is 0.321. The van der Waals surface area contributed by atoms with E-state index in [0.29, 0.717) is 6.42 Å². The van der Waals surface area contributed by atoms with Crippen LogP contribution in [-0.4, -0.2) is 47.0 Å². The summed E-state index contributed by atoms with van der Waals surface area (Å²) in [6.07, 6.45) is 2.08.